The highest BCUT2D eigenvalue weighted by molar-refractivity contribution is 6.01. The number of carbonyl (C=O) groups is 3. The number of amides is 2. The fraction of sp³-hybridized carbons (Fsp3) is 0.464. The lowest BCUT2D eigenvalue weighted by Crippen LogP contribution is -2.55. The van der Waals surface area contributed by atoms with Crippen LogP contribution in [0.3, 0.4) is 0 Å². The zero-order valence-corrected chi connectivity index (χ0v) is 21.3. The van der Waals surface area contributed by atoms with Crippen molar-refractivity contribution < 1.29 is 29.3 Å². The van der Waals surface area contributed by atoms with Crippen LogP contribution >= 0.6 is 0 Å². The first kappa shape index (κ1) is 27.5. The lowest BCUT2D eigenvalue weighted by atomic mass is 9.92. The van der Waals surface area contributed by atoms with E-state index in [1.165, 1.54) is 0 Å². The highest BCUT2D eigenvalue weighted by Gasteiger charge is 2.54. The molecule has 2 aromatic carbocycles. The smallest absolute Gasteiger partial charge is 0.252 e. The first-order chi connectivity index (χ1) is 17.1. The van der Waals surface area contributed by atoms with Crippen molar-refractivity contribution in [1.29, 1.82) is 0 Å². The molecule has 2 unspecified atom stereocenters. The second-order valence-electron chi connectivity index (χ2n) is 10.0. The molecule has 0 spiro atoms. The van der Waals surface area contributed by atoms with Gasteiger partial charge in [0.2, 0.25) is 5.91 Å². The number of Topliss-reactive ketones (excluding diaryl/α,β-unsaturated/α-hetero) is 1. The van der Waals surface area contributed by atoms with Gasteiger partial charge in [0.05, 0.1) is 25.9 Å². The van der Waals surface area contributed by atoms with E-state index in [2.05, 4.69) is 10.6 Å². The number of ether oxygens (including phenoxy) is 1. The van der Waals surface area contributed by atoms with Crippen LogP contribution in [0.25, 0.3) is 11.1 Å². The Morgan fingerprint density at radius 3 is 2.14 bits per heavy atom. The molecular weight excluding hydrogens is 460 g/mol. The highest BCUT2D eigenvalue weighted by atomic mass is 16.6. The fourth-order valence-electron chi connectivity index (χ4n) is 4.19. The normalized spacial score (nSPS) is 18.6. The van der Waals surface area contributed by atoms with E-state index in [-0.39, 0.29) is 18.4 Å². The average molecular weight is 497 g/mol. The van der Waals surface area contributed by atoms with Gasteiger partial charge in [0, 0.05) is 5.56 Å². The molecule has 0 saturated carbocycles. The number of hydrogen-bond donors (Lipinski definition) is 4. The standard InChI is InChI=1S/C28H36N2O6/c1-17(2)12-23(25(33)28(15-32)16-36-28)29-27(35)24(14-31)30-26(34)22-13-20(10-11-21(22)18(3)4)19-8-6-5-7-9-19/h5-11,13,17-18,23-24,31-32H,12,14-16H2,1-4H3,(H,29,35)(H,30,34)/t23?,24-,28?/m0/s1. The van der Waals surface area contributed by atoms with Crippen molar-refractivity contribution in [2.24, 2.45) is 5.92 Å². The van der Waals surface area contributed by atoms with E-state index in [0.717, 1.165) is 16.7 Å². The molecule has 3 rings (SSSR count). The molecule has 36 heavy (non-hydrogen) atoms. The number of benzene rings is 2. The summed E-state index contributed by atoms with van der Waals surface area (Å²) in [4.78, 5) is 39.3. The van der Waals surface area contributed by atoms with Crippen LogP contribution in [0.5, 0.6) is 0 Å². The zero-order chi connectivity index (χ0) is 26.5. The Labute approximate surface area is 212 Å². The maximum atomic E-state index is 13.3. The first-order valence-electron chi connectivity index (χ1n) is 12.3. The van der Waals surface area contributed by atoms with E-state index < -0.39 is 48.5 Å². The van der Waals surface area contributed by atoms with Gasteiger partial charge in [-0.25, -0.2) is 0 Å². The van der Waals surface area contributed by atoms with Crippen LogP contribution in [0, 0.1) is 5.92 Å². The number of hydrogen-bond acceptors (Lipinski definition) is 6. The second kappa shape index (κ2) is 11.8. The molecule has 0 radical (unpaired) electrons. The Morgan fingerprint density at radius 2 is 1.61 bits per heavy atom. The van der Waals surface area contributed by atoms with Gasteiger partial charge in [-0.3, -0.25) is 14.4 Å². The molecule has 2 aromatic rings. The third-order valence-corrected chi connectivity index (χ3v) is 6.37. The van der Waals surface area contributed by atoms with Crippen LogP contribution in [-0.2, 0) is 14.3 Å². The van der Waals surface area contributed by atoms with Crippen molar-refractivity contribution in [2.45, 2.75) is 57.7 Å². The monoisotopic (exact) mass is 496 g/mol. The lowest BCUT2D eigenvalue weighted by Gasteiger charge is -2.25. The summed E-state index contributed by atoms with van der Waals surface area (Å²) < 4.78 is 5.17. The Hall–Kier alpha value is -3.07. The van der Waals surface area contributed by atoms with E-state index in [4.69, 9.17) is 4.74 Å². The van der Waals surface area contributed by atoms with Gasteiger partial charge in [0.1, 0.15) is 6.04 Å². The minimum atomic E-state index is -1.28. The van der Waals surface area contributed by atoms with E-state index in [1.807, 2.05) is 70.2 Å². The van der Waals surface area contributed by atoms with Crippen LogP contribution in [0.2, 0.25) is 0 Å². The highest BCUT2D eigenvalue weighted by Crippen LogP contribution is 2.30. The molecule has 4 N–H and O–H groups in total. The van der Waals surface area contributed by atoms with Gasteiger partial charge in [-0.2, -0.15) is 0 Å². The predicted molar refractivity (Wildman–Crippen MR) is 136 cm³/mol. The van der Waals surface area contributed by atoms with Crippen LogP contribution in [0.4, 0.5) is 0 Å². The minimum absolute atomic E-state index is 0.0539. The predicted octanol–water partition coefficient (Wildman–Crippen LogP) is 2.43. The Kier molecular flexibility index (Phi) is 9.00. The van der Waals surface area contributed by atoms with Crippen molar-refractivity contribution in [1.82, 2.24) is 10.6 Å². The van der Waals surface area contributed by atoms with Gasteiger partial charge >= 0.3 is 0 Å². The lowest BCUT2D eigenvalue weighted by molar-refractivity contribution is -0.133. The van der Waals surface area contributed by atoms with Crippen molar-refractivity contribution in [2.75, 3.05) is 19.8 Å². The zero-order valence-electron chi connectivity index (χ0n) is 21.3. The summed E-state index contributed by atoms with van der Waals surface area (Å²) in [6.45, 7) is 6.76. The van der Waals surface area contributed by atoms with E-state index in [0.29, 0.717) is 12.0 Å². The van der Waals surface area contributed by atoms with E-state index in [9.17, 15) is 24.6 Å². The van der Waals surface area contributed by atoms with Crippen LogP contribution < -0.4 is 10.6 Å². The van der Waals surface area contributed by atoms with Crippen LogP contribution in [0.15, 0.2) is 48.5 Å². The molecule has 1 aliphatic rings. The molecule has 2 amide bonds. The molecule has 1 heterocycles. The molecule has 8 nitrogen and oxygen atoms in total. The molecule has 8 heteroatoms. The molecule has 194 valence electrons. The molecule has 1 saturated heterocycles. The topological polar surface area (TPSA) is 128 Å². The fourth-order valence-corrected chi connectivity index (χ4v) is 4.19. The third-order valence-electron chi connectivity index (χ3n) is 6.37. The molecular formula is C28H36N2O6. The van der Waals surface area contributed by atoms with Crippen LogP contribution in [0.1, 0.15) is 56.0 Å². The second-order valence-corrected chi connectivity index (χ2v) is 10.0. The van der Waals surface area contributed by atoms with Gasteiger partial charge in [-0.15, -0.1) is 0 Å². The molecule has 0 aliphatic carbocycles. The van der Waals surface area contributed by atoms with E-state index in [1.54, 1.807) is 6.07 Å². The maximum absolute atomic E-state index is 13.3. The number of ketones is 1. The number of aliphatic hydroxyl groups is 2. The SMILES string of the molecule is CC(C)CC(NC(=O)[C@H](CO)NC(=O)c1cc(-c2ccccc2)ccc1C(C)C)C(=O)C1(CO)CO1. The average Bonchev–Trinajstić information content (AvgIpc) is 3.67. The number of epoxide rings is 1. The van der Waals surface area contributed by atoms with Crippen molar-refractivity contribution >= 4 is 17.6 Å². The summed E-state index contributed by atoms with van der Waals surface area (Å²) in [6, 6.07) is 13.1. The number of aliphatic hydroxyl groups excluding tert-OH is 2. The van der Waals surface area contributed by atoms with Gasteiger partial charge < -0.3 is 25.6 Å². The Balaban J connectivity index is 1.80. The molecule has 1 aliphatic heterocycles. The summed E-state index contributed by atoms with van der Waals surface area (Å²) in [5.41, 5.74) is 1.75. The van der Waals surface area contributed by atoms with Crippen molar-refractivity contribution in [3.05, 3.63) is 59.7 Å². The first-order valence-corrected chi connectivity index (χ1v) is 12.3. The maximum Gasteiger partial charge on any atom is 0.252 e. The summed E-state index contributed by atoms with van der Waals surface area (Å²) >= 11 is 0. The summed E-state index contributed by atoms with van der Waals surface area (Å²) in [7, 11) is 0. The summed E-state index contributed by atoms with van der Waals surface area (Å²) in [5, 5.41) is 24.8. The van der Waals surface area contributed by atoms with Crippen LogP contribution in [-0.4, -0.2) is 65.3 Å². The Bertz CT molecular complexity index is 1080. The molecule has 0 aromatic heterocycles. The molecule has 1 fully saturated rings. The number of rotatable bonds is 12. The van der Waals surface area contributed by atoms with E-state index >= 15 is 0 Å². The molecule has 0 bridgehead atoms. The van der Waals surface area contributed by atoms with Gasteiger partial charge in [-0.05, 0) is 41.0 Å². The molecule has 3 atom stereocenters. The minimum Gasteiger partial charge on any atom is -0.394 e. The van der Waals surface area contributed by atoms with Crippen molar-refractivity contribution in [3.8, 4) is 11.1 Å². The summed E-state index contributed by atoms with van der Waals surface area (Å²) in [6.07, 6.45) is 0.332. The third kappa shape index (κ3) is 6.37. The largest absolute Gasteiger partial charge is 0.394 e. The Morgan fingerprint density at radius 1 is 0.944 bits per heavy atom. The number of carbonyl (C=O) groups excluding carboxylic acids is 3. The number of nitrogens with one attached hydrogen (secondary N) is 2. The van der Waals surface area contributed by atoms with Gasteiger partial charge in [-0.1, -0.05) is 70.2 Å². The summed E-state index contributed by atoms with van der Waals surface area (Å²) in [5.74, 6) is -1.45. The quantitative estimate of drug-likeness (QED) is 0.334. The van der Waals surface area contributed by atoms with Crippen molar-refractivity contribution in [3.63, 3.8) is 0 Å². The van der Waals surface area contributed by atoms with Gasteiger partial charge in [0.15, 0.2) is 11.4 Å². The van der Waals surface area contributed by atoms with Gasteiger partial charge in [0.25, 0.3) is 5.91 Å².